The minimum absolute atomic E-state index is 0.257. The number of halogens is 2. The number of benzene rings is 1. The maximum atomic E-state index is 13.3. The van der Waals surface area contributed by atoms with Crippen LogP contribution in [0.1, 0.15) is 24.8 Å². The molecular formula is C17H25BrFN3O2. The predicted molar refractivity (Wildman–Crippen MR) is 96.7 cm³/mol. The molecule has 0 aliphatic carbocycles. The minimum atomic E-state index is -0.257. The van der Waals surface area contributed by atoms with Gasteiger partial charge in [-0.3, -0.25) is 4.99 Å². The number of nitrogens with zero attached hydrogens (tertiary/aromatic N) is 1. The number of hydrogen-bond acceptors (Lipinski definition) is 3. The molecule has 1 aromatic rings. The van der Waals surface area contributed by atoms with E-state index >= 15 is 0 Å². The van der Waals surface area contributed by atoms with Gasteiger partial charge in [-0.1, -0.05) is 15.9 Å². The van der Waals surface area contributed by atoms with Gasteiger partial charge in [0.25, 0.3) is 0 Å². The van der Waals surface area contributed by atoms with E-state index in [1.807, 2.05) is 6.07 Å². The molecule has 0 spiro atoms. The summed E-state index contributed by atoms with van der Waals surface area (Å²) in [4.78, 5) is 4.16. The Morgan fingerprint density at radius 3 is 3.00 bits per heavy atom. The van der Waals surface area contributed by atoms with Crippen molar-refractivity contribution in [3.63, 3.8) is 0 Å². The van der Waals surface area contributed by atoms with Crippen molar-refractivity contribution < 1.29 is 13.9 Å². The summed E-state index contributed by atoms with van der Waals surface area (Å²) >= 11 is 3.29. The van der Waals surface area contributed by atoms with Gasteiger partial charge < -0.3 is 20.1 Å². The average molecular weight is 402 g/mol. The Labute approximate surface area is 151 Å². The third kappa shape index (κ3) is 7.15. The first kappa shape index (κ1) is 19.1. The van der Waals surface area contributed by atoms with Crippen LogP contribution in [0.2, 0.25) is 0 Å². The standard InChI is InChI=1S/C17H25BrFN3O2/c1-20-17(22-11-13-8-14(18)10-15(19)9-13)21-5-3-6-23-12-16-4-2-7-24-16/h8-10,16H,2-7,11-12H2,1H3,(H2,20,21,22). The Morgan fingerprint density at radius 1 is 1.42 bits per heavy atom. The van der Waals surface area contributed by atoms with Gasteiger partial charge in [0, 0.05) is 37.8 Å². The zero-order valence-corrected chi connectivity index (χ0v) is 15.6. The van der Waals surface area contributed by atoms with Crippen molar-refractivity contribution in [3.05, 3.63) is 34.1 Å². The number of ether oxygens (including phenoxy) is 2. The van der Waals surface area contributed by atoms with E-state index in [0.717, 1.165) is 42.5 Å². The third-order valence-corrected chi connectivity index (χ3v) is 4.15. The topological polar surface area (TPSA) is 54.9 Å². The lowest BCUT2D eigenvalue weighted by Gasteiger charge is -2.13. The van der Waals surface area contributed by atoms with E-state index in [-0.39, 0.29) is 11.9 Å². The van der Waals surface area contributed by atoms with E-state index < -0.39 is 0 Å². The van der Waals surface area contributed by atoms with Crippen LogP contribution in [0.15, 0.2) is 27.7 Å². The molecule has 0 bridgehead atoms. The van der Waals surface area contributed by atoms with Gasteiger partial charge in [0.2, 0.25) is 0 Å². The molecule has 134 valence electrons. The first-order valence-electron chi connectivity index (χ1n) is 8.26. The largest absolute Gasteiger partial charge is 0.379 e. The lowest BCUT2D eigenvalue weighted by molar-refractivity contribution is 0.0168. The molecule has 1 fully saturated rings. The van der Waals surface area contributed by atoms with Crippen molar-refractivity contribution in [1.29, 1.82) is 0 Å². The van der Waals surface area contributed by atoms with Gasteiger partial charge in [0.15, 0.2) is 5.96 Å². The van der Waals surface area contributed by atoms with Gasteiger partial charge in [-0.05, 0) is 43.0 Å². The zero-order valence-electron chi connectivity index (χ0n) is 14.0. The third-order valence-electron chi connectivity index (χ3n) is 3.69. The summed E-state index contributed by atoms with van der Waals surface area (Å²) in [5.41, 5.74) is 0.852. The SMILES string of the molecule is CN=C(NCCCOCC1CCCO1)NCc1cc(F)cc(Br)c1. The quantitative estimate of drug-likeness (QED) is 0.399. The molecule has 7 heteroatoms. The highest BCUT2D eigenvalue weighted by molar-refractivity contribution is 9.10. The smallest absolute Gasteiger partial charge is 0.191 e. The molecule has 0 saturated carbocycles. The number of aliphatic imine (C=N–C) groups is 1. The summed E-state index contributed by atoms with van der Waals surface area (Å²) in [5.74, 6) is 0.432. The van der Waals surface area contributed by atoms with Gasteiger partial charge in [0.1, 0.15) is 5.82 Å². The van der Waals surface area contributed by atoms with Crippen LogP contribution in [-0.4, -0.2) is 45.5 Å². The fourth-order valence-electron chi connectivity index (χ4n) is 2.49. The molecule has 1 unspecified atom stereocenters. The summed E-state index contributed by atoms with van der Waals surface area (Å²) in [6.07, 6.45) is 3.40. The van der Waals surface area contributed by atoms with Crippen LogP contribution in [-0.2, 0) is 16.0 Å². The van der Waals surface area contributed by atoms with Gasteiger partial charge in [-0.15, -0.1) is 0 Å². The van der Waals surface area contributed by atoms with E-state index in [1.165, 1.54) is 12.1 Å². The number of rotatable bonds is 8. The Kier molecular flexibility index (Phi) is 8.49. The Morgan fingerprint density at radius 2 is 2.29 bits per heavy atom. The van der Waals surface area contributed by atoms with E-state index in [4.69, 9.17) is 9.47 Å². The van der Waals surface area contributed by atoms with Crippen molar-refractivity contribution in [3.8, 4) is 0 Å². The van der Waals surface area contributed by atoms with Gasteiger partial charge >= 0.3 is 0 Å². The second kappa shape index (κ2) is 10.6. The fourth-order valence-corrected chi connectivity index (χ4v) is 3.00. The molecule has 0 radical (unpaired) electrons. The van der Waals surface area contributed by atoms with Crippen LogP contribution in [0.25, 0.3) is 0 Å². The summed E-state index contributed by atoms with van der Waals surface area (Å²) in [6, 6.07) is 4.82. The summed E-state index contributed by atoms with van der Waals surface area (Å²) in [6.45, 7) is 3.51. The monoisotopic (exact) mass is 401 g/mol. The second-order valence-corrected chi connectivity index (χ2v) is 6.61. The second-order valence-electron chi connectivity index (χ2n) is 5.69. The molecule has 1 aliphatic rings. The lowest BCUT2D eigenvalue weighted by Crippen LogP contribution is -2.37. The molecular weight excluding hydrogens is 377 g/mol. The molecule has 0 aromatic heterocycles. The molecule has 1 aliphatic heterocycles. The molecule has 1 atom stereocenters. The Bertz CT molecular complexity index is 516. The summed E-state index contributed by atoms with van der Waals surface area (Å²) < 4.78 is 25.2. The summed E-state index contributed by atoms with van der Waals surface area (Å²) in [5, 5.41) is 6.39. The molecule has 2 N–H and O–H groups in total. The highest BCUT2D eigenvalue weighted by Gasteiger charge is 2.14. The van der Waals surface area contributed by atoms with Gasteiger partial charge in [-0.25, -0.2) is 4.39 Å². The zero-order chi connectivity index (χ0) is 17.2. The van der Waals surface area contributed by atoms with E-state index in [0.29, 0.717) is 25.7 Å². The first-order valence-corrected chi connectivity index (χ1v) is 9.05. The normalized spacial score (nSPS) is 18.0. The van der Waals surface area contributed by atoms with Crippen LogP contribution in [0.5, 0.6) is 0 Å². The predicted octanol–water partition coefficient (Wildman–Crippen LogP) is 2.84. The maximum Gasteiger partial charge on any atom is 0.191 e. The van der Waals surface area contributed by atoms with Crippen LogP contribution in [0.3, 0.4) is 0 Å². The number of nitrogens with one attached hydrogen (secondary N) is 2. The Hall–Kier alpha value is -1.18. The molecule has 24 heavy (non-hydrogen) atoms. The Balaban J connectivity index is 1.58. The van der Waals surface area contributed by atoms with Crippen molar-refractivity contribution in [2.45, 2.75) is 31.9 Å². The summed E-state index contributed by atoms with van der Waals surface area (Å²) in [7, 11) is 1.71. The minimum Gasteiger partial charge on any atom is -0.379 e. The van der Waals surface area contributed by atoms with Gasteiger partial charge in [0.05, 0.1) is 12.7 Å². The van der Waals surface area contributed by atoms with Crippen molar-refractivity contribution in [1.82, 2.24) is 10.6 Å². The molecule has 2 rings (SSSR count). The van der Waals surface area contributed by atoms with Crippen molar-refractivity contribution in [2.24, 2.45) is 4.99 Å². The van der Waals surface area contributed by atoms with Crippen LogP contribution in [0.4, 0.5) is 4.39 Å². The molecule has 1 heterocycles. The van der Waals surface area contributed by atoms with E-state index in [9.17, 15) is 4.39 Å². The van der Waals surface area contributed by atoms with Crippen molar-refractivity contribution >= 4 is 21.9 Å². The molecule has 1 saturated heterocycles. The molecule has 5 nitrogen and oxygen atoms in total. The van der Waals surface area contributed by atoms with E-state index in [2.05, 4.69) is 31.6 Å². The maximum absolute atomic E-state index is 13.3. The highest BCUT2D eigenvalue weighted by atomic mass is 79.9. The lowest BCUT2D eigenvalue weighted by atomic mass is 10.2. The number of guanidine groups is 1. The van der Waals surface area contributed by atoms with Crippen molar-refractivity contribution in [2.75, 3.05) is 33.4 Å². The van der Waals surface area contributed by atoms with Crippen LogP contribution in [0, 0.1) is 5.82 Å². The fraction of sp³-hybridized carbons (Fsp3) is 0.588. The van der Waals surface area contributed by atoms with Crippen LogP contribution >= 0.6 is 15.9 Å². The molecule has 1 aromatic carbocycles. The average Bonchev–Trinajstić information content (AvgIpc) is 3.06. The van der Waals surface area contributed by atoms with Gasteiger partial charge in [-0.2, -0.15) is 0 Å². The number of hydrogen-bond donors (Lipinski definition) is 2. The van der Waals surface area contributed by atoms with E-state index in [1.54, 1.807) is 7.05 Å². The van der Waals surface area contributed by atoms with Crippen LogP contribution < -0.4 is 10.6 Å². The first-order chi connectivity index (χ1) is 11.7. The highest BCUT2D eigenvalue weighted by Crippen LogP contribution is 2.14. The molecule has 0 amide bonds.